The average Bonchev–Trinajstić information content (AvgIpc) is 3.40. The van der Waals surface area contributed by atoms with Gasteiger partial charge in [0.1, 0.15) is 6.04 Å². The van der Waals surface area contributed by atoms with Crippen molar-refractivity contribution in [1.82, 2.24) is 20.4 Å². The van der Waals surface area contributed by atoms with Crippen molar-refractivity contribution in [2.75, 3.05) is 40.3 Å². The topological polar surface area (TPSA) is 182 Å². The first kappa shape index (κ1) is 31.1. The van der Waals surface area contributed by atoms with Gasteiger partial charge in [-0.1, -0.05) is 13.0 Å². The van der Waals surface area contributed by atoms with Crippen molar-refractivity contribution in [3.8, 4) is 11.5 Å². The molecule has 0 saturated carbocycles. The van der Waals surface area contributed by atoms with Gasteiger partial charge in [0.25, 0.3) is 0 Å². The van der Waals surface area contributed by atoms with Crippen LogP contribution in [0.2, 0.25) is 0 Å². The maximum absolute atomic E-state index is 13.2. The molecule has 1 unspecified atom stereocenters. The lowest BCUT2D eigenvalue weighted by Crippen LogP contribution is -2.48. The zero-order chi connectivity index (χ0) is 30.6. The van der Waals surface area contributed by atoms with Crippen LogP contribution in [0.3, 0.4) is 0 Å². The van der Waals surface area contributed by atoms with Crippen LogP contribution < -0.4 is 31.6 Å². The molecule has 4 atom stereocenters. The van der Waals surface area contributed by atoms with Gasteiger partial charge in [-0.25, -0.2) is 4.79 Å². The molecular formula is C29H43N7O6. The Hall–Kier alpha value is -3.87. The molecule has 2 aliphatic heterocycles. The fourth-order valence-corrected chi connectivity index (χ4v) is 6.45. The van der Waals surface area contributed by atoms with E-state index in [-0.39, 0.29) is 36.6 Å². The standard InChI is InChI=1S/C29H43N7O6/c1-5-7-21(38)25-29-15-19(36(4)16-29)14-18-9-10-22(24(42-25)23(18)29)41-28(40)35(3)13-12-32-26(39)20(34-17(2)37)8-6-11-33-27(30)31/h9-10,19-20,25H,5-8,11-16H2,1-4H3,(H,32,39)(H,34,37)(H4,30,31,33)/t19-,20+,25?,29-/m1/s1. The number of carbonyl (C=O) groups excluding carboxylic acids is 4. The smallest absolute Gasteiger partial charge is 0.415 e. The number of nitrogens with zero attached hydrogens (tertiary/aromatic N) is 3. The quantitative estimate of drug-likeness (QED) is 0.145. The summed E-state index contributed by atoms with van der Waals surface area (Å²) in [4.78, 5) is 58.1. The molecule has 4 rings (SSSR count). The van der Waals surface area contributed by atoms with Gasteiger partial charge in [0.15, 0.2) is 29.3 Å². The number of carbonyl (C=O) groups is 4. The summed E-state index contributed by atoms with van der Waals surface area (Å²) in [6.07, 6.45) is 2.51. The Bertz CT molecular complexity index is 1250. The van der Waals surface area contributed by atoms with Gasteiger partial charge in [-0.2, -0.15) is 0 Å². The molecule has 1 aromatic rings. The number of guanidine groups is 1. The van der Waals surface area contributed by atoms with E-state index in [2.05, 4.69) is 27.6 Å². The van der Waals surface area contributed by atoms with E-state index < -0.39 is 23.7 Å². The minimum Gasteiger partial charge on any atom is -0.477 e. The van der Waals surface area contributed by atoms with Crippen molar-refractivity contribution in [3.05, 3.63) is 23.3 Å². The number of ketones is 1. The molecule has 1 fully saturated rings. The lowest BCUT2D eigenvalue weighted by atomic mass is 9.68. The number of hydrogen-bond acceptors (Lipinski definition) is 8. The molecule has 6 N–H and O–H groups in total. The number of aliphatic imine (C=N–C) groups is 1. The van der Waals surface area contributed by atoms with Gasteiger partial charge in [-0.3, -0.25) is 19.4 Å². The van der Waals surface area contributed by atoms with Crippen LogP contribution in [0.1, 0.15) is 57.1 Å². The van der Waals surface area contributed by atoms with Crippen molar-refractivity contribution in [1.29, 1.82) is 0 Å². The van der Waals surface area contributed by atoms with Gasteiger partial charge in [0.05, 0.1) is 5.41 Å². The highest BCUT2D eigenvalue weighted by atomic mass is 16.6. The molecular weight excluding hydrogens is 542 g/mol. The molecule has 1 saturated heterocycles. The fourth-order valence-electron chi connectivity index (χ4n) is 6.45. The van der Waals surface area contributed by atoms with E-state index in [1.165, 1.54) is 11.8 Å². The zero-order valence-corrected chi connectivity index (χ0v) is 24.9. The predicted octanol–water partition coefficient (Wildman–Crippen LogP) is 0.420. The number of likely N-dealkylation sites (N-methyl/N-ethyl adjacent to an activating group) is 2. The van der Waals surface area contributed by atoms with Gasteiger partial charge < -0.3 is 41.4 Å². The summed E-state index contributed by atoms with van der Waals surface area (Å²) in [5.41, 5.74) is 12.4. The second-order valence-corrected chi connectivity index (χ2v) is 11.6. The van der Waals surface area contributed by atoms with Crippen molar-refractivity contribution >= 4 is 29.7 Å². The highest BCUT2D eigenvalue weighted by Crippen LogP contribution is 2.58. The summed E-state index contributed by atoms with van der Waals surface area (Å²) < 4.78 is 12.2. The van der Waals surface area contributed by atoms with Crippen molar-refractivity contribution in [2.24, 2.45) is 16.5 Å². The summed E-state index contributed by atoms with van der Waals surface area (Å²) in [5.74, 6) is 0.115. The van der Waals surface area contributed by atoms with E-state index in [9.17, 15) is 19.2 Å². The van der Waals surface area contributed by atoms with Gasteiger partial charge in [0, 0.05) is 58.2 Å². The highest BCUT2D eigenvalue weighted by molar-refractivity contribution is 5.88. The monoisotopic (exact) mass is 585 g/mol. The molecule has 2 heterocycles. The van der Waals surface area contributed by atoms with Gasteiger partial charge >= 0.3 is 6.09 Å². The number of amides is 3. The van der Waals surface area contributed by atoms with Gasteiger partial charge in [-0.05, 0) is 50.8 Å². The number of likely N-dealkylation sites (tertiary alicyclic amines) is 1. The molecule has 3 amide bonds. The van der Waals surface area contributed by atoms with Crippen molar-refractivity contribution in [2.45, 2.75) is 76.0 Å². The molecule has 1 aromatic carbocycles. The number of benzene rings is 1. The van der Waals surface area contributed by atoms with Crippen molar-refractivity contribution < 1.29 is 28.7 Å². The Morgan fingerprint density at radius 1 is 1.29 bits per heavy atom. The normalized spacial score (nSPS) is 22.4. The van der Waals surface area contributed by atoms with E-state index in [0.29, 0.717) is 43.3 Å². The lowest BCUT2D eigenvalue weighted by molar-refractivity contribution is -0.128. The molecule has 13 nitrogen and oxygen atoms in total. The van der Waals surface area contributed by atoms with E-state index in [0.717, 1.165) is 36.9 Å². The van der Waals surface area contributed by atoms with Gasteiger partial charge in [-0.15, -0.1) is 0 Å². The number of rotatable bonds is 13. The summed E-state index contributed by atoms with van der Waals surface area (Å²) in [6.45, 7) is 4.69. The fraction of sp³-hybridized carbons (Fsp3) is 0.621. The first-order chi connectivity index (χ1) is 20.0. The Morgan fingerprint density at radius 2 is 2.05 bits per heavy atom. The minimum absolute atomic E-state index is 0.0368. The third-order valence-electron chi connectivity index (χ3n) is 8.34. The lowest BCUT2D eigenvalue weighted by Gasteiger charge is -2.32. The number of Topliss-reactive ketones (excluding diaryl/α,β-unsaturated/α-hetero) is 1. The predicted molar refractivity (Wildman–Crippen MR) is 156 cm³/mol. The van der Waals surface area contributed by atoms with Crippen LogP contribution >= 0.6 is 0 Å². The summed E-state index contributed by atoms with van der Waals surface area (Å²) in [5, 5.41) is 5.38. The molecule has 2 bridgehead atoms. The van der Waals surface area contributed by atoms with Gasteiger partial charge in [0.2, 0.25) is 11.8 Å². The number of fused-ring (bicyclic) bond motifs is 1. The SMILES string of the molecule is CCCC(=O)C1Oc2c(OC(=O)N(C)CCNC(=O)[C@H](CCCN=C(N)N)NC(C)=O)ccc3c2[C@]12C[C@@H](C3)N(C)C2. The first-order valence-corrected chi connectivity index (χ1v) is 14.6. The average molecular weight is 586 g/mol. The molecule has 0 aromatic heterocycles. The van der Waals surface area contributed by atoms with E-state index in [1.807, 2.05) is 13.0 Å². The van der Waals surface area contributed by atoms with Crippen LogP contribution in [0.15, 0.2) is 17.1 Å². The number of nitrogens with two attached hydrogens (primary N) is 2. The number of ether oxygens (including phenoxy) is 2. The first-order valence-electron chi connectivity index (χ1n) is 14.6. The molecule has 13 heteroatoms. The van der Waals surface area contributed by atoms with Crippen molar-refractivity contribution in [3.63, 3.8) is 0 Å². The second-order valence-electron chi connectivity index (χ2n) is 11.6. The Morgan fingerprint density at radius 3 is 2.74 bits per heavy atom. The van der Waals surface area contributed by atoms with Crippen LogP contribution in [-0.2, 0) is 26.2 Å². The largest absolute Gasteiger partial charge is 0.477 e. The van der Waals surface area contributed by atoms with E-state index in [1.54, 1.807) is 13.1 Å². The second kappa shape index (κ2) is 13.0. The molecule has 1 spiro atoms. The molecule has 42 heavy (non-hydrogen) atoms. The third kappa shape index (κ3) is 6.45. The van der Waals surface area contributed by atoms with E-state index >= 15 is 0 Å². The summed E-state index contributed by atoms with van der Waals surface area (Å²) in [6, 6.07) is 3.32. The third-order valence-corrected chi connectivity index (χ3v) is 8.34. The molecule has 230 valence electrons. The molecule has 1 aliphatic carbocycles. The van der Waals surface area contributed by atoms with E-state index in [4.69, 9.17) is 20.9 Å². The number of hydrogen-bond donors (Lipinski definition) is 4. The Kier molecular flexibility index (Phi) is 9.60. The highest BCUT2D eigenvalue weighted by Gasteiger charge is 2.61. The number of nitrogens with one attached hydrogen (secondary N) is 2. The van der Waals surface area contributed by atoms with Crippen LogP contribution in [0.5, 0.6) is 11.5 Å². The van der Waals surface area contributed by atoms with Crippen LogP contribution in [0, 0.1) is 0 Å². The molecule has 0 radical (unpaired) electrons. The minimum atomic E-state index is -0.754. The maximum Gasteiger partial charge on any atom is 0.415 e. The summed E-state index contributed by atoms with van der Waals surface area (Å²) in [7, 11) is 3.66. The van der Waals surface area contributed by atoms with Crippen LogP contribution in [0.25, 0.3) is 0 Å². The molecule has 3 aliphatic rings. The Balaban J connectivity index is 1.38. The summed E-state index contributed by atoms with van der Waals surface area (Å²) >= 11 is 0. The zero-order valence-electron chi connectivity index (χ0n) is 24.9. The Labute approximate surface area is 246 Å². The van der Waals surface area contributed by atoms with Crippen LogP contribution in [-0.4, -0.2) is 97.9 Å². The van der Waals surface area contributed by atoms with Crippen LogP contribution in [0.4, 0.5) is 4.79 Å². The maximum atomic E-state index is 13.2.